The van der Waals surface area contributed by atoms with Crippen molar-refractivity contribution in [3.63, 3.8) is 0 Å². The van der Waals surface area contributed by atoms with Crippen LogP contribution < -0.4 is 10.6 Å². The normalized spacial score (nSPS) is 11.1. The van der Waals surface area contributed by atoms with Gasteiger partial charge in [0.25, 0.3) is 5.91 Å². The smallest absolute Gasteiger partial charge is 0.255 e. The zero-order valence-electron chi connectivity index (χ0n) is 13.3. The van der Waals surface area contributed by atoms with Crippen molar-refractivity contribution in [2.75, 3.05) is 10.6 Å². The maximum atomic E-state index is 12.2. The summed E-state index contributed by atoms with van der Waals surface area (Å²) in [7, 11) is 0. The van der Waals surface area contributed by atoms with Crippen molar-refractivity contribution in [2.45, 2.75) is 33.2 Å². The van der Waals surface area contributed by atoms with Crippen LogP contribution in [0.4, 0.5) is 11.4 Å². The molecule has 0 unspecified atom stereocenters. The maximum absolute atomic E-state index is 12.2. The molecular formula is C18H21ClN2O. The second-order valence-corrected chi connectivity index (χ2v) is 6.75. The van der Waals surface area contributed by atoms with Crippen LogP contribution in [-0.4, -0.2) is 11.4 Å². The topological polar surface area (TPSA) is 41.1 Å². The molecule has 0 aliphatic carbocycles. The van der Waals surface area contributed by atoms with Gasteiger partial charge in [0.15, 0.2) is 0 Å². The Kier molecular flexibility index (Phi) is 4.77. The standard InChI is InChI=1S/C18H21ClN2O/c1-12-10-16(14(19)11-15(12)21-18(2,3)4)20-17(22)13-8-6-5-7-9-13/h5-11,21H,1-4H3,(H,20,22). The van der Waals surface area contributed by atoms with E-state index in [1.54, 1.807) is 12.1 Å². The highest BCUT2D eigenvalue weighted by molar-refractivity contribution is 6.34. The third kappa shape index (κ3) is 4.25. The van der Waals surface area contributed by atoms with E-state index in [2.05, 4.69) is 31.4 Å². The minimum absolute atomic E-state index is 0.0527. The number of aryl methyl sites for hydroxylation is 1. The van der Waals surface area contributed by atoms with Crippen molar-refractivity contribution in [3.05, 3.63) is 58.6 Å². The summed E-state index contributed by atoms with van der Waals surface area (Å²) in [6.07, 6.45) is 0. The number of carbonyl (C=O) groups excluding carboxylic acids is 1. The molecule has 2 rings (SSSR count). The lowest BCUT2D eigenvalue weighted by Gasteiger charge is -2.24. The van der Waals surface area contributed by atoms with Crippen LogP contribution in [0.2, 0.25) is 5.02 Å². The summed E-state index contributed by atoms with van der Waals surface area (Å²) in [5.41, 5.74) is 3.17. The lowest BCUT2D eigenvalue weighted by atomic mass is 10.1. The third-order valence-electron chi connectivity index (χ3n) is 3.11. The Morgan fingerprint density at radius 1 is 1.05 bits per heavy atom. The van der Waals surface area contributed by atoms with Crippen LogP contribution in [0.25, 0.3) is 0 Å². The van der Waals surface area contributed by atoms with Crippen LogP contribution in [0.15, 0.2) is 42.5 Å². The molecule has 0 saturated carbocycles. The molecule has 0 spiro atoms. The van der Waals surface area contributed by atoms with Gasteiger partial charge in [-0.05, 0) is 57.5 Å². The van der Waals surface area contributed by atoms with Gasteiger partial charge in [-0.1, -0.05) is 29.8 Å². The molecule has 0 aromatic heterocycles. The van der Waals surface area contributed by atoms with Crippen molar-refractivity contribution < 1.29 is 4.79 Å². The number of nitrogens with one attached hydrogen (secondary N) is 2. The third-order valence-corrected chi connectivity index (χ3v) is 3.42. The molecule has 2 aromatic carbocycles. The fraction of sp³-hybridized carbons (Fsp3) is 0.278. The van der Waals surface area contributed by atoms with Gasteiger partial charge in [0, 0.05) is 16.8 Å². The molecule has 4 heteroatoms. The molecule has 116 valence electrons. The maximum Gasteiger partial charge on any atom is 0.255 e. The summed E-state index contributed by atoms with van der Waals surface area (Å²) in [6.45, 7) is 8.25. The van der Waals surface area contributed by atoms with Crippen LogP contribution >= 0.6 is 11.6 Å². The average molecular weight is 317 g/mol. The predicted octanol–water partition coefficient (Wildman–Crippen LogP) is 5.11. The first-order valence-electron chi connectivity index (χ1n) is 7.21. The van der Waals surface area contributed by atoms with Crippen molar-refractivity contribution in [2.24, 2.45) is 0 Å². The summed E-state index contributed by atoms with van der Waals surface area (Å²) in [5, 5.41) is 6.78. The molecule has 3 nitrogen and oxygen atoms in total. The minimum Gasteiger partial charge on any atom is -0.380 e. The van der Waals surface area contributed by atoms with Gasteiger partial charge in [-0.2, -0.15) is 0 Å². The molecule has 0 aliphatic heterocycles. The van der Waals surface area contributed by atoms with Crippen LogP contribution in [0.3, 0.4) is 0 Å². The fourth-order valence-corrected chi connectivity index (χ4v) is 2.31. The summed E-state index contributed by atoms with van der Waals surface area (Å²) in [6, 6.07) is 12.8. The number of rotatable bonds is 3. The second kappa shape index (κ2) is 6.41. The first-order valence-corrected chi connectivity index (χ1v) is 7.59. The van der Waals surface area contributed by atoms with Crippen molar-refractivity contribution in [3.8, 4) is 0 Å². The molecule has 0 bridgehead atoms. The van der Waals surface area contributed by atoms with E-state index in [-0.39, 0.29) is 11.4 Å². The van der Waals surface area contributed by atoms with Crippen LogP contribution in [-0.2, 0) is 0 Å². The molecule has 0 saturated heterocycles. The number of hydrogen-bond acceptors (Lipinski definition) is 2. The first-order chi connectivity index (χ1) is 10.3. The molecule has 2 N–H and O–H groups in total. The monoisotopic (exact) mass is 316 g/mol. The fourth-order valence-electron chi connectivity index (χ4n) is 2.10. The molecule has 22 heavy (non-hydrogen) atoms. The highest BCUT2D eigenvalue weighted by Crippen LogP contribution is 2.30. The summed E-state index contributed by atoms with van der Waals surface area (Å²) in [4.78, 5) is 12.2. The Morgan fingerprint density at radius 2 is 1.68 bits per heavy atom. The van der Waals surface area contributed by atoms with Gasteiger partial charge in [-0.15, -0.1) is 0 Å². The van der Waals surface area contributed by atoms with Crippen molar-refractivity contribution in [1.82, 2.24) is 0 Å². The Labute approximate surface area is 136 Å². The van der Waals surface area contributed by atoms with E-state index < -0.39 is 0 Å². The predicted molar refractivity (Wildman–Crippen MR) is 94.0 cm³/mol. The van der Waals surface area contributed by atoms with Gasteiger partial charge in [0.05, 0.1) is 10.7 Å². The Balaban J connectivity index is 2.23. The number of halogens is 1. The van der Waals surface area contributed by atoms with E-state index >= 15 is 0 Å². The van der Waals surface area contributed by atoms with E-state index in [0.717, 1.165) is 11.3 Å². The quantitative estimate of drug-likeness (QED) is 0.826. The molecule has 1 amide bonds. The molecule has 0 atom stereocenters. The van der Waals surface area contributed by atoms with E-state index in [9.17, 15) is 4.79 Å². The molecule has 0 aliphatic rings. The van der Waals surface area contributed by atoms with Crippen LogP contribution in [0.1, 0.15) is 36.7 Å². The second-order valence-electron chi connectivity index (χ2n) is 6.34. The largest absolute Gasteiger partial charge is 0.380 e. The van der Waals surface area contributed by atoms with Gasteiger partial charge in [-0.3, -0.25) is 4.79 Å². The van der Waals surface area contributed by atoms with Gasteiger partial charge in [0.1, 0.15) is 0 Å². The Bertz CT molecular complexity index is 675. The van der Waals surface area contributed by atoms with E-state index in [1.807, 2.05) is 37.3 Å². The molecule has 0 fully saturated rings. The van der Waals surface area contributed by atoms with Crippen LogP contribution in [0.5, 0.6) is 0 Å². The molecule has 0 heterocycles. The minimum atomic E-state index is -0.168. The first kappa shape index (κ1) is 16.4. The van der Waals surface area contributed by atoms with E-state index in [4.69, 9.17) is 11.6 Å². The van der Waals surface area contributed by atoms with Crippen LogP contribution in [0, 0.1) is 6.92 Å². The van der Waals surface area contributed by atoms with E-state index in [1.165, 1.54) is 0 Å². The zero-order valence-corrected chi connectivity index (χ0v) is 14.1. The van der Waals surface area contributed by atoms with Gasteiger partial charge >= 0.3 is 0 Å². The molecular weight excluding hydrogens is 296 g/mol. The van der Waals surface area contributed by atoms with Gasteiger partial charge < -0.3 is 10.6 Å². The number of benzene rings is 2. The molecule has 2 aromatic rings. The van der Waals surface area contributed by atoms with Crippen molar-refractivity contribution in [1.29, 1.82) is 0 Å². The van der Waals surface area contributed by atoms with E-state index in [0.29, 0.717) is 16.3 Å². The lowest BCUT2D eigenvalue weighted by molar-refractivity contribution is 0.102. The number of amides is 1. The Hall–Kier alpha value is -2.00. The highest BCUT2D eigenvalue weighted by atomic mass is 35.5. The van der Waals surface area contributed by atoms with Gasteiger partial charge in [0.2, 0.25) is 0 Å². The number of hydrogen-bond donors (Lipinski definition) is 2. The van der Waals surface area contributed by atoms with Gasteiger partial charge in [-0.25, -0.2) is 0 Å². The number of anilines is 2. The lowest BCUT2D eigenvalue weighted by Crippen LogP contribution is -2.26. The summed E-state index contributed by atoms with van der Waals surface area (Å²) in [5.74, 6) is -0.168. The average Bonchev–Trinajstić information content (AvgIpc) is 2.43. The zero-order chi connectivity index (χ0) is 16.3. The highest BCUT2D eigenvalue weighted by Gasteiger charge is 2.14. The summed E-state index contributed by atoms with van der Waals surface area (Å²) < 4.78 is 0. The summed E-state index contributed by atoms with van der Waals surface area (Å²) >= 11 is 6.31. The van der Waals surface area contributed by atoms with Crippen molar-refractivity contribution >= 4 is 28.9 Å². The SMILES string of the molecule is Cc1cc(NC(=O)c2ccccc2)c(Cl)cc1NC(C)(C)C. The molecule has 0 radical (unpaired) electrons. The Morgan fingerprint density at radius 3 is 2.27 bits per heavy atom. The number of carbonyl (C=O) groups is 1.